The second kappa shape index (κ2) is 8.39. The summed E-state index contributed by atoms with van der Waals surface area (Å²) in [6.45, 7) is 0. The number of benzene rings is 3. The summed E-state index contributed by atoms with van der Waals surface area (Å²) in [6.07, 6.45) is 0. The normalized spacial score (nSPS) is 10.7. The van der Waals surface area contributed by atoms with Crippen LogP contribution in [0.1, 0.15) is 10.4 Å². The summed E-state index contributed by atoms with van der Waals surface area (Å²) in [5, 5.41) is 3.04. The molecule has 3 aromatic carbocycles. The highest BCUT2D eigenvalue weighted by Crippen LogP contribution is 2.33. The van der Waals surface area contributed by atoms with E-state index in [1.165, 1.54) is 19.2 Å². The molecule has 1 N–H and O–H groups in total. The van der Waals surface area contributed by atoms with E-state index in [1.54, 1.807) is 49.6 Å². The first kappa shape index (κ1) is 20.3. The van der Waals surface area contributed by atoms with Gasteiger partial charge in [-0.2, -0.15) is 0 Å². The zero-order chi connectivity index (χ0) is 22.0. The molecule has 1 amide bonds. The number of carbonyl (C=O) groups is 1. The van der Waals surface area contributed by atoms with Crippen LogP contribution in [0.4, 0.5) is 14.5 Å². The lowest BCUT2D eigenvalue weighted by Crippen LogP contribution is -2.14. The Kier molecular flexibility index (Phi) is 5.49. The second-order valence-electron chi connectivity index (χ2n) is 6.70. The molecule has 0 aliphatic heterocycles. The van der Waals surface area contributed by atoms with Crippen LogP contribution in [0.3, 0.4) is 0 Å². The second-order valence-corrected chi connectivity index (χ2v) is 6.70. The highest BCUT2D eigenvalue weighted by molar-refractivity contribution is 6.13. The molecule has 0 bridgehead atoms. The number of carbonyl (C=O) groups excluding carboxylic acids is 1. The van der Waals surface area contributed by atoms with E-state index < -0.39 is 17.5 Å². The molecule has 0 unspecified atom stereocenters. The van der Waals surface area contributed by atoms with Crippen molar-refractivity contribution in [2.45, 2.75) is 0 Å². The van der Waals surface area contributed by atoms with Gasteiger partial charge in [0.05, 0.1) is 36.7 Å². The first-order chi connectivity index (χ1) is 15.0. The van der Waals surface area contributed by atoms with Gasteiger partial charge in [0.2, 0.25) is 0 Å². The molecule has 0 spiro atoms. The predicted octanol–water partition coefficient (Wildman–Crippen LogP) is 5.45. The summed E-state index contributed by atoms with van der Waals surface area (Å²) in [6, 6.07) is 17.6. The number of nitrogens with zero attached hydrogens (tertiary/aromatic N) is 1. The van der Waals surface area contributed by atoms with E-state index in [4.69, 9.17) is 9.47 Å². The summed E-state index contributed by atoms with van der Waals surface area (Å²) in [7, 11) is 3.07. The van der Waals surface area contributed by atoms with Crippen molar-refractivity contribution in [1.29, 1.82) is 0 Å². The fourth-order valence-electron chi connectivity index (χ4n) is 3.30. The van der Waals surface area contributed by atoms with Crippen LogP contribution < -0.4 is 14.8 Å². The summed E-state index contributed by atoms with van der Waals surface area (Å²) in [4.78, 5) is 17.7. The van der Waals surface area contributed by atoms with Gasteiger partial charge in [-0.15, -0.1) is 0 Å². The highest BCUT2D eigenvalue weighted by Gasteiger charge is 2.17. The summed E-state index contributed by atoms with van der Waals surface area (Å²) in [5.74, 6) is -1.66. The van der Waals surface area contributed by atoms with Crippen molar-refractivity contribution in [1.82, 2.24) is 4.98 Å². The van der Waals surface area contributed by atoms with Gasteiger partial charge in [0.1, 0.15) is 0 Å². The van der Waals surface area contributed by atoms with Crippen LogP contribution in [-0.2, 0) is 0 Å². The molecule has 5 nitrogen and oxygen atoms in total. The molecule has 0 fully saturated rings. The SMILES string of the molecule is COc1ccc(-c2cc(C(=O)Nc3cccc(F)c3F)c3ccccc3n2)cc1OC. The number of hydrogen-bond donors (Lipinski definition) is 1. The van der Waals surface area contributed by atoms with Crippen LogP contribution in [0.25, 0.3) is 22.2 Å². The van der Waals surface area contributed by atoms with Gasteiger partial charge in [-0.3, -0.25) is 4.79 Å². The van der Waals surface area contributed by atoms with Gasteiger partial charge in [0, 0.05) is 10.9 Å². The molecule has 7 heteroatoms. The van der Waals surface area contributed by atoms with E-state index in [2.05, 4.69) is 10.3 Å². The Bertz CT molecular complexity index is 1290. The lowest BCUT2D eigenvalue weighted by Gasteiger charge is -2.13. The Labute approximate surface area is 177 Å². The third kappa shape index (κ3) is 3.90. The maximum Gasteiger partial charge on any atom is 0.256 e. The molecular weight excluding hydrogens is 402 g/mol. The molecule has 4 rings (SSSR count). The van der Waals surface area contributed by atoms with Crippen LogP contribution in [0, 0.1) is 11.6 Å². The number of halogens is 2. The number of pyridine rings is 1. The van der Waals surface area contributed by atoms with Gasteiger partial charge in [-0.05, 0) is 42.5 Å². The van der Waals surface area contributed by atoms with Crippen LogP contribution in [0.15, 0.2) is 66.7 Å². The molecule has 0 aliphatic carbocycles. The zero-order valence-electron chi connectivity index (χ0n) is 16.8. The fourth-order valence-corrected chi connectivity index (χ4v) is 3.30. The summed E-state index contributed by atoms with van der Waals surface area (Å²) >= 11 is 0. The van der Waals surface area contributed by atoms with Gasteiger partial charge in [0.15, 0.2) is 23.1 Å². The minimum absolute atomic E-state index is 0.237. The molecule has 0 atom stereocenters. The first-order valence-corrected chi connectivity index (χ1v) is 9.39. The minimum Gasteiger partial charge on any atom is -0.493 e. The van der Waals surface area contributed by atoms with Crippen molar-refractivity contribution < 1.29 is 23.0 Å². The fraction of sp³-hybridized carbons (Fsp3) is 0.0833. The number of amides is 1. The van der Waals surface area contributed by atoms with E-state index in [0.29, 0.717) is 33.7 Å². The van der Waals surface area contributed by atoms with Crippen LogP contribution in [0.5, 0.6) is 11.5 Å². The third-order valence-corrected chi connectivity index (χ3v) is 4.84. The van der Waals surface area contributed by atoms with Gasteiger partial charge in [0.25, 0.3) is 5.91 Å². The van der Waals surface area contributed by atoms with E-state index in [1.807, 2.05) is 6.07 Å². The van der Waals surface area contributed by atoms with Gasteiger partial charge >= 0.3 is 0 Å². The molecule has 0 saturated carbocycles. The molecule has 1 heterocycles. The predicted molar refractivity (Wildman–Crippen MR) is 115 cm³/mol. The lowest BCUT2D eigenvalue weighted by molar-refractivity contribution is 0.102. The van der Waals surface area contributed by atoms with E-state index >= 15 is 0 Å². The molecule has 0 radical (unpaired) electrons. The van der Waals surface area contributed by atoms with Crippen molar-refractivity contribution in [2.24, 2.45) is 0 Å². The van der Waals surface area contributed by atoms with Crippen molar-refractivity contribution in [3.63, 3.8) is 0 Å². The number of fused-ring (bicyclic) bond motifs is 1. The third-order valence-electron chi connectivity index (χ3n) is 4.84. The molecule has 1 aromatic heterocycles. The molecular formula is C24H18F2N2O3. The van der Waals surface area contributed by atoms with Crippen LogP contribution in [0.2, 0.25) is 0 Å². The molecule has 156 valence electrons. The number of aromatic nitrogens is 1. The highest BCUT2D eigenvalue weighted by atomic mass is 19.2. The van der Waals surface area contributed by atoms with Crippen LogP contribution in [-0.4, -0.2) is 25.1 Å². The Morgan fingerprint density at radius 3 is 2.45 bits per heavy atom. The Morgan fingerprint density at radius 2 is 1.68 bits per heavy atom. The van der Waals surface area contributed by atoms with Crippen molar-refractivity contribution in [2.75, 3.05) is 19.5 Å². The molecule has 0 aliphatic rings. The Morgan fingerprint density at radius 1 is 0.903 bits per heavy atom. The number of nitrogens with one attached hydrogen (secondary N) is 1. The standard InChI is InChI=1S/C24H18F2N2O3/c1-30-21-11-10-14(12-22(21)31-2)20-13-16(15-6-3-4-8-18(15)27-20)24(29)28-19-9-5-7-17(25)23(19)26/h3-13H,1-2H3,(H,28,29). The average Bonchev–Trinajstić information content (AvgIpc) is 2.80. The van der Waals surface area contributed by atoms with E-state index in [-0.39, 0.29) is 11.3 Å². The minimum atomic E-state index is -1.12. The lowest BCUT2D eigenvalue weighted by atomic mass is 10.0. The molecule has 4 aromatic rings. The maximum atomic E-state index is 14.1. The first-order valence-electron chi connectivity index (χ1n) is 9.39. The van der Waals surface area contributed by atoms with Crippen molar-refractivity contribution in [3.8, 4) is 22.8 Å². The monoisotopic (exact) mass is 420 g/mol. The number of methoxy groups -OCH3 is 2. The maximum absolute atomic E-state index is 14.1. The smallest absolute Gasteiger partial charge is 0.256 e. The quantitative estimate of drug-likeness (QED) is 0.466. The Balaban J connectivity index is 1.82. The van der Waals surface area contributed by atoms with E-state index in [0.717, 1.165) is 6.07 Å². The number of rotatable bonds is 5. The number of para-hydroxylation sites is 1. The number of anilines is 1. The molecule has 0 saturated heterocycles. The Hall–Kier alpha value is -4.00. The van der Waals surface area contributed by atoms with Crippen molar-refractivity contribution in [3.05, 3.63) is 83.9 Å². The molecule has 31 heavy (non-hydrogen) atoms. The topological polar surface area (TPSA) is 60.5 Å². The summed E-state index contributed by atoms with van der Waals surface area (Å²) in [5.41, 5.74) is 1.84. The van der Waals surface area contributed by atoms with Crippen molar-refractivity contribution >= 4 is 22.5 Å². The number of hydrogen-bond acceptors (Lipinski definition) is 4. The van der Waals surface area contributed by atoms with Crippen LogP contribution >= 0.6 is 0 Å². The van der Waals surface area contributed by atoms with Gasteiger partial charge < -0.3 is 14.8 Å². The average molecular weight is 420 g/mol. The zero-order valence-corrected chi connectivity index (χ0v) is 16.8. The number of ether oxygens (including phenoxy) is 2. The van der Waals surface area contributed by atoms with E-state index in [9.17, 15) is 13.6 Å². The van der Waals surface area contributed by atoms with Gasteiger partial charge in [-0.25, -0.2) is 13.8 Å². The summed E-state index contributed by atoms with van der Waals surface area (Å²) < 4.78 is 38.2. The largest absolute Gasteiger partial charge is 0.493 e. The van der Waals surface area contributed by atoms with Gasteiger partial charge in [-0.1, -0.05) is 24.3 Å².